The maximum absolute atomic E-state index is 13.9. The van der Waals surface area contributed by atoms with E-state index in [4.69, 9.17) is 21.3 Å². The standard InChI is InChI=1S/C27H31ClF3N7O3/c1-2-21-24(37-7-5-32-6-8-37)25(40)23-26(33-14-18(34-23)15-36-9-11-41-12-10-36)38(21)16-22(39)35-20-4-3-17(13-19(20)28)27(29,30)31/h3-4,13-14,32H,2,5-12,15-16H2,1H3,(H,35,39). The predicted molar refractivity (Wildman–Crippen MR) is 149 cm³/mol. The largest absolute Gasteiger partial charge is 0.416 e. The lowest BCUT2D eigenvalue weighted by Gasteiger charge is -2.32. The van der Waals surface area contributed by atoms with Crippen LogP contribution in [0.2, 0.25) is 5.02 Å². The first kappa shape index (κ1) is 29.2. The average molecular weight is 594 g/mol. The minimum absolute atomic E-state index is 0.0503. The fourth-order valence-corrected chi connectivity index (χ4v) is 5.43. The Kier molecular flexibility index (Phi) is 8.78. The van der Waals surface area contributed by atoms with Crippen LogP contribution >= 0.6 is 11.6 Å². The molecule has 5 rings (SSSR count). The van der Waals surface area contributed by atoms with Crippen LogP contribution in [-0.2, 0) is 35.2 Å². The summed E-state index contributed by atoms with van der Waals surface area (Å²) < 4.78 is 46.3. The zero-order valence-corrected chi connectivity index (χ0v) is 23.3. The van der Waals surface area contributed by atoms with Crippen molar-refractivity contribution in [1.29, 1.82) is 0 Å². The first-order valence-corrected chi connectivity index (χ1v) is 13.9. The number of hydrogen-bond acceptors (Lipinski definition) is 8. The summed E-state index contributed by atoms with van der Waals surface area (Å²) >= 11 is 6.07. The van der Waals surface area contributed by atoms with Crippen LogP contribution in [0.5, 0.6) is 0 Å². The number of fused-ring (bicyclic) bond motifs is 1. The Morgan fingerprint density at radius 3 is 2.56 bits per heavy atom. The van der Waals surface area contributed by atoms with Crippen molar-refractivity contribution in [1.82, 2.24) is 24.8 Å². The lowest BCUT2D eigenvalue weighted by Crippen LogP contribution is -2.46. The van der Waals surface area contributed by atoms with Crippen LogP contribution in [0.4, 0.5) is 24.5 Å². The van der Waals surface area contributed by atoms with Crippen molar-refractivity contribution in [2.45, 2.75) is 32.6 Å². The minimum Gasteiger partial charge on any atom is -0.379 e. The molecule has 10 nitrogen and oxygen atoms in total. The van der Waals surface area contributed by atoms with E-state index in [0.29, 0.717) is 69.4 Å². The van der Waals surface area contributed by atoms with Gasteiger partial charge in [0.1, 0.15) is 12.2 Å². The van der Waals surface area contributed by atoms with Gasteiger partial charge in [-0.25, -0.2) is 9.97 Å². The van der Waals surface area contributed by atoms with Gasteiger partial charge in [0.05, 0.1) is 41.4 Å². The number of carbonyl (C=O) groups excluding carboxylic acids is 1. The Balaban J connectivity index is 1.53. The zero-order chi connectivity index (χ0) is 29.1. The van der Waals surface area contributed by atoms with Crippen molar-refractivity contribution in [3.05, 3.63) is 56.6 Å². The maximum atomic E-state index is 13.9. The molecule has 14 heteroatoms. The maximum Gasteiger partial charge on any atom is 0.416 e. The van der Waals surface area contributed by atoms with E-state index >= 15 is 0 Å². The number of ether oxygens (including phenoxy) is 1. The molecule has 2 aliphatic heterocycles. The van der Waals surface area contributed by atoms with Gasteiger partial charge in [0.15, 0.2) is 11.2 Å². The topological polar surface area (TPSA) is 105 Å². The number of piperazine rings is 1. The molecule has 220 valence electrons. The smallest absolute Gasteiger partial charge is 0.379 e. The third-order valence-electron chi connectivity index (χ3n) is 7.22. The van der Waals surface area contributed by atoms with Gasteiger partial charge in [-0.15, -0.1) is 0 Å². The molecule has 2 fully saturated rings. The van der Waals surface area contributed by atoms with Crippen molar-refractivity contribution >= 4 is 40.0 Å². The summed E-state index contributed by atoms with van der Waals surface area (Å²) in [4.78, 5) is 40.7. The number of carbonyl (C=O) groups is 1. The summed E-state index contributed by atoms with van der Waals surface area (Å²) in [5.74, 6) is -0.531. The number of aromatic nitrogens is 3. The van der Waals surface area contributed by atoms with Gasteiger partial charge in [0.25, 0.3) is 0 Å². The molecule has 4 heterocycles. The number of hydrogen-bond donors (Lipinski definition) is 2. The lowest BCUT2D eigenvalue weighted by molar-refractivity contribution is -0.137. The molecule has 2 saturated heterocycles. The number of rotatable bonds is 7. The molecule has 2 aliphatic rings. The Labute approximate surface area is 239 Å². The molecule has 0 atom stereocenters. The van der Waals surface area contributed by atoms with E-state index in [2.05, 4.69) is 20.5 Å². The van der Waals surface area contributed by atoms with E-state index in [1.165, 1.54) is 0 Å². The molecule has 0 radical (unpaired) electrons. The molecule has 2 aromatic heterocycles. The van der Waals surface area contributed by atoms with Gasteiger partial charge in [0, 0.05) is 51.5 Å². The number of alkyl halides is 3. The first-order chi connectivity index (χ1) is 19.7. The number of halogens is 4. The van der Waals surface area contributed by atoms with Crippen molar-refractivity contribution < 1.29 is 22.7 Å². The SMILES string of the molecule is CCc1c(N2CCNCC2)c(=O)c2nc(CN3CCOCC3)cnc2n1CC(=O)Nc1ccc(C(F)(F)F)cc1Cl. The summed E-state index contributed by atoms with van der Waals surface area (Å²) in [6.45, 7) is 7.54. The van der Waals surface area contributed by atoms with Crippen LogP contribution in [0.1, 0.15) is 23.9 Å². The van der Waals surface area contributed by atoms with Crippen LogP contribution in [0.3, 0.4) is 0 Å². The highest BCUT2D eigenvalue weighted by Crippen LogP contribution is 2.34. The molecule has 0 bridgehead atoms. The summed E-state index contributed by atoms with van der Waals surface area (Å²) in [6, 6.07) is 2.75. The number of nitrogens with zero attached hydrogens (tertiary/aromatic N) is 5. The second-order valence-corrected chi connectivity index (χ2v) is 10.4. The van der Waals surface area contributed by atoms with Gasteiger partial charge in [-0.1, -0.05) is 18.5 Å². The fraction of sp³-hybridized carbons (Fsp3) is 0.481. The first-order valence-electron chi connectivity index (χ1n) is 13.5. The van der Waals surface area contributed by atoms with Gasteiger partial charge in [0.2, 0.25) is 11.3 Å². The minimum atomic E-state index is -4.56. The number of benzene rings is 1. The summed E-state index contributed by atoms with van der Waals surface area (Å²) in [6.07, 6.45) is -2.50. The van der Waals surface area contributed by atoms with Crippen LogP contribution in [-0.4, -0.2) is 77.8 Å². The van der Waals surface area contributed by atoms with E-state index < -0.39 is 17.6 Å². The van der Waals surface area contributed by atoms with E-state index in [-0.39, 0.29) is 33.8 Å². The number of nitrogens with one attached hydrogen (secondary N) is 2. The molecule has 0 unspecified atom stereocenters. The van der Waals surface area contributed by atoms with Crippen LogP contribution in [0, 0.1) is 0 Å². The highest BCUT2D eigenvalue weighted by molar-refractivity contribution is 6.33. The Bertz CT molecular complexity index is 1490. The Morgan fingerprint density at radius 1 is 1.17 bits per heavy atom. The normalized spacial score (nSPS) is 16.8. The van der Waals surface area contributed by atoms with Crippen molar-refractivity contribution in [2.24, 2.45) is 0 Å². The van der Waals surface area contributed by atoms with E-state index in [1.807, 2.05) is 11.8 Å². The highest BCUT2D eigenvalue weighted by Gasteiger charge is 2.31. The Hall–Kier alpha value is -3.26. The molecule has 41 heavy (non-hydrogen) atoms. The van der Waals surface area contributed by atoms with Crippen molar-refractivity contribution in [2.75, 3.05) is 62.7 Å². The molecule has 1 amide bonds. The molecule has 0 spiro atoms. The van der Waals surface area contributed by atoms with Gasteiger partial charge >= 0.3 is 6.18 Å². The highest BCUT2D eigenvalue weighted by atomic mass is 35.5. The second-order valence-electron chi connectivity index (χ2n) is 9.96. The summed E-state index contributed by atoms with van der Waals surface area (Å²) in [5.41, 5.74) is 1.09. The fourth-order valence-electron chi connectivity index (χ4n) is 5.20. The van der Waals surface area contributed by atoms with E-state index in [0.717, 1.165) is 31.3 Å². The predicted octanol–water partition coefficient (Wildman–Crippen LogP) is 2.91. The molecule has 0 saturated carbocycles. The Morgan fingerprint density at radius 2 is 1.90 bits per heavy atom. The molecule has 3 aromatic rings. The van der Waals surface area contributed by atoms with Crippen LogP contribution < -0.4 is 21.0 Å². The lowest BCUT2D eigenvalue weighted by atomic mass is 10.1. The number of pyridine rings is 1. The average Bonchev–Trinajstić information content (AvgIpc) is 2.96. The van der Waals surface area contributed by atoms with Gasteiger partial charge in [-0.05, 0) is 24.6 Å². The molecule has 2 N–H and O–H groups in total. The third kappa shape index (κ3) is 6.48. The second kappa shape index (κ2) is 12.3. The molecule has 1 aromatic carbocycles. The van der Waals surface area contributed by atoms with Gasteiger partial charge in [-0.2, -0.15) is 13.2 Å². The van der Waals surface area contributed by atoms with E-state index in [9.17, 15) is 22.8 Å². The van der Waals surface area contributed by atoms with Gasteiger partial charge < -0.3 is 24.8 Å². The molecule has 0 aliphatic carbocycles. The van der Waals surface area contributed by atoms with E-state index in [1.54, 1.807) is 10.8 Å². The van der Waals surface area contributed by atoms with Crippen LogP contribution in [0.25, 0.3) is 11.2 Å². The number of morpholine rings is 1. The molecular weight excluding hydrogens is 563 g/mol. The quantitative estimate of drug-likeness (QED) is 0.431. The monoisotopic (exact) mass is 593 g/mol. The summed E-state index contributed by atoms with van der Waals surface area (Å²) in [7, 11) is 0. The van der Waals surface area contributed by atoms with Gasteiger partial charge in [-0.3, -0.25) is 14.5 Å². The van der Waals surface area contributed by atoms with Crippen molar-refractivity contribution in [3.8, 4) is 0 Å². The summed E-state index contributed by atoms with van der Waals surface area (Å²) in [5, 5.41) is 5.66. The third-order valence-corrected chi connectivity index (χ3v) is 7.53. The number of amides is 1. The van der Waals surface area contributed by atoms with Crippen LogP contribution in [0.15, 0.2) is 29.2 Å². The molecular formula is C27H31ClF3N7O3. The van der Waals surface area contributed by atoms with Crippen molar-refractivity contribution in [3.63, 3.8) is 0 Å². The zero-order valence-electron chi connectivity index (χ0n) is 22.6. The number of anilines is 2.